The normalized spacial score (nSPS) is 13.8. The molecule has 4 nitrogen and oxygen atoms in total. The summed E-state index contributed by atoms with van der Waals surface area (Å²) in [5, 5.41) is 0.620. The van der Waals surface area contributed by atoms with Gasteiger partial charge >= 0.3 is 0 Å². The third kappa shape index (κ3) is 4.18. The molecule has 0 saturated heterocycles. The van der Waals surface area contributed by atoms with E-state index in [1.54, 1.807) is 49.4 Å². The van der Waals surface area contributed by atoms with E-state index >= 15 is 0 Å². The molecular formula is C24H16BrClO4. The van der Waals surface area contributed by atoms with Crippen molar-refractivity contribution in [2.75, 3.05) is 6.61 Å². The number of rotatable bonds is 5. The van der Waals surface area contributed by atoms with E-state index in [4.69, 9.17) is 21.1 Å². The van der Waals surface area contributed by atoms with Gasteiger partial charge in [-0.2, -0.15) is 0 Å². The van der Waals surface area contributed by atoms with Gasteiger partial charge in [-0.1, -0.05) is 51.8 Å². The van der Waals surface area contributed by atoms with Crippen molar-refractivity contribution in [1.29, 1.82) is 0 Å². The molecule has 3 aromatic carbocycles. The first-order chi connectivity index (χ1) is 14.4. The minimum Gasteiger partial charge on any atom is -0.485 e. The van der Waals surface area contributed by atoms with Crippen LogP contribution in [0.4, 0.5) is 0 Å². The molecule has 0 aromatic heterocycles. The highest BCUT2D eigenvalue weighted by atomic mass is 79.9. The average Bonchev–Trinajstić information content (AvgIpc) is 3.06. The molecule has 0 atom stereocenters. The zero-order valence-electron chi connectivity index (χ0n) is 15.9. The summed E-state index contributed by atoms with van der Waals surface area (Å²) < 4.78 is 12.5. The largest absolute Gasteiger partial charge is 0.485 e. The predicted molar refractivity (Wildman–Crippen MR) is 120 cm³/mol. The molecule has 30 heavy (non-hydrogen) atoms. The summed E-state index contributed by atoms with van der Waals surface area (Å²) in [5.41, 5.74) is 2.52. The SMILES string of the molecule is Cc1c(OCC(=O)c2ccc(Br)cc2)ccc2c1O/C(=C\c1ccc(Cl)cc1)C2=O. The minimum absolute atomic E-state index is 0.108. The van der Waals surface area contributed by atoms with Crippen LogP contribution in [0.5, 0.6) is 11.5 Å². The van der Waals surface area contributed by atoms with Gasteiger partial charge in [-0.25, -0.2) is 0 Å². The molecular weight excluding hydrogens is 468 g/mol. The van der Waals surface area contributed by atoms with Crippen LogP contribution in [0.2, 0.25) is 5.02 Å². The van der Waals surface area contributed by atoms with Gasteiger partial charge in [0.1, 0.15) is 11.5 Å². The maximum absolute atomic E-state index is 12.7. The summed E-state index contributed by atoms with van der Waals surface area (Å²) in [7, 11) is 0. The molecule has 4 rings (SSSR count). The number of Topliss-reactive ketones (excluding diaryl/α,β-unsaturated/α-hetero) is 2. The van der Waals surface area contributed by atoms with Crippen LogP contribution in [0, 0.1) is 6.92 Å². The molecule has 0 bridgehead atoms. The number of hydrogen-bond donors (Lipinski definition) is 0. The quantitative estimate of drug-likeness (QED) is 0.316. The van der Waals surface area contributed by atoms with Crippen LogP contribution < -0.4 is 9.47 Å². The van der Waals surface area contributed by atoms with E-state index in [0.717, 1.165) is 10.0 Å². The van der Waals surface area contributed by atoms with Crippen molar-refractivity contribution in [3.63, 3.8) is 0 Å². The van der Waals surface area contributed by atoms with Crippen LogP contribution >= 0.6 is 27.5 Å². The maximum Gasteiger partial charge on any atom is 0.231 e. The first-order valence-corrected chi connectivity index (χ1v) is 10.3. The zero-order valence-corrected chi connectivity index (χ0v) is 18.3. The van der Waals surface area contributed by atoms with E-state index in [0.29, 0.717) is 33.2 Å². The highest BCUT2D eigenvalue weighted by Crippen LogP contribution is 2.39. The van der Waals surface area contributed by atoms with Crippen LogP contribution in [0.15, 0.2) is 70.9 Å². The predicted octanol–water partition coefficient (Wildman–Crippen LogP) is 6.29. The lowest BCUT2D eigenvalue weighted by Gasteiger charge is -2.11. The van der Waals surface area contributed by atoms with Gasteiger partial charge in [0, 0.05) is 20.6 Å². The Morgan fingerprint density at radius 1 is 1.07 bits per heavy atom. The van der Waals surface area contributed by atoms with Crippen molar-refractivity contribution in [2.45, 2.75) is 6.92 Å². The molecule has 1 aliphatic heterocycles. The molecule has 0 saturated carbocycles. The Kier molecular flexibility index (Phi) is 5.75. The monoisotopic (exact) mass is 482 g/mol. The van der Waals surface area contributed by atoms with Crippen molar-refractivity contribution in [3.8, 4) is 11.5 Å². The number of halogens is 2. The second kappa shape index (κ2) is 8.46. The Bertz CT molecular complexity index is 1170. The first kappa shape index (κ1) is 20.4. The summed E-state index contributed by atoms with van der Waals surface area (Å²) in [4.78, 5) is 25.1. The Morgan fingerprint density at radius 3 is 2.47 bits per heavy atom. The highest BCUT2D eigenvalue weighted by Gasteiger charge is 2.30. The number of hydrogen-bond acceptors (Lipinski definition) is 4. The van der Waals surface area contributed by atoms with Crippen molar-refractivity contribution in [1.82, 2.24) is 0 Å². The summed E-state index contributed by atoms with van der Waals surface area (Å²) in [6.45, 7) is 1.69. The van der Waals surface area contributed by atoms with E-state index < -0.39 is 0 Å². The summed E-state index contributed by atoms with van der Waals surface area (Å²) in [6.07, 6.45) is 1.68. The van der Waals surface area contributed by atoms with Gasteiger partial charge < -0.3 is 9.47 Å². The molecule has 0 fully saturated rings. The first-order valence-electron chi connectivity index (χ1n) is 9.17. The lowest BCUT2D eigenvalue weighted by Crippen LogP contribution is -2.12. The van der Waals surface area contributed by atoms with Gasteiger partial charge in [-0.3, -0.25) is 9.59 Å². The van der Waals surface area contributed by atoms with E-state index in [-0.39, 0.29) is 23.9 Å². The van der Waals surface area contributed by atoms with Crippen LogP contribution in [0.1, 0.15) is 31.8 Å². The van der Waals surface area contributed by atoms with Crippen molar-refractivity contribution >= 4 is 45.2 Å². The van der Waals surface area contributed by atoms with E-state index in [1.807, 2.05) is 24.3 Å². The Balaban J connectivity index is 1.52. The highest BCUT2D eigenvalue weighted by molar-refractivity contribution is 9.10. The fraction of sp³-hybridized carbons (Fsp3) is 0.0833. The molecule has 0 unspecified atom stereocenters. The van der Waals surface area contributed by atoms with Crippen LogP contribution in [-0.2, 0) is 0 Å². The van der Waals surface area contributed by atoms with Gasteiger partial charge in [0.15, 0.2) is 18.1 Å². The minimum atomic E-state index is -0.194. The standard InChI is InChI=1S/C24H16BrClO4/c1-14-21(29-13-20(27)16-4-6-17(25)7-5-16)11-10-19-23(28)22(30-24(14)19)12-15-2-8-18(26)9-3-15/h2-12H,13H2,1H3/b22-12-. The molecule has 0 N–H and O–H groups in total. The van der Waals surface area contributed by atoms with Crippen LogP contribution in [0.3, 0.4) is 0 Å². The topological polar surface area (TPSA) is 52.6 Å². The number of carbonyl (C=O) groups is 2. The molecule has 0 spiro atoms. The van der Waals surface area contributed by atoms with Gasteiger partial charge in [-0.15, -0.1) is 0 Å². The molecule has 0 aliphatic carbocycles. The number of ketones is 2. The van der Waals surface area contributed by atoms with Gasteiger partial charge in [-0.05, 0) is 55.0 Å². The molecule has 3 aromatic rings. The summed E-state index contributed by atoms with van der Waals surface area (Å²) in [5.74, 6) is 0.857. The lowest BCUT2D eigenvalue weighted by atomic mass is 10.1. The fourth-order valence-electron chi connectivity index (χ4n) is 3.10. The zero-order chi connectivity index (χ0) is 21.3. The second-order valence-corrected chi connectivity index (χ2v) is 8.13. The third-order valence-corrected chi connectivity index (χ3v) is 5.51. The molecule has 1 heterocycles. The Hall–Kier alpha value is -2.89. The van der Waals surface area contributed by atoms with Crippen molar-refractivity contribution in [3.05, 3.63) is 98.2 Å². The van der Waals surface area contributed by atoms with E-state index in [9.17, 15) is 9.59 Å². The van der Waals surface area contributed by atoms with Crippen LogP contribution in [0.25, 0.3) is 6.08 Å². The Labute approximate surface area is 187 Å². The van der Waals surface area contributed by atoms with Crippen LogP contribution in [-0.4, -0.2) is 18.2 Å². The molecule has 150 valence electrons. The summed E-state index contributed by atoms with van der Waals surface area (Å²) in [6, 6.07) is 17.6. The van der Waals surface area contributed by atoms with E-state index in [1.165, 1.54) is 0 Å². The van der Waals surface area contributed by atoms with Crippen molar-refractivity contribution in [2.24, 2.45) is 0 Å². The lowest BCUT2D eigenvalue weighted by molar-refractivity contribution is 0.0920. The van der Waals surface area contributed by atoms with Gasteiger partial charge in [0.25, 0.3) is 0 Å². The third-order valence-electron chi connectivity index (χ3n) is 4.73. The summed E-state index contributed by atoms with van der Waals surface area (Å²) >= 11 is 9.25. The van der Waals surface area contributed by atoms with Gasteiger partial charge in [0.05, 0.1) is 5.56 Å². The number of fused-ring (bicyclic) bond motifs is 1. The number of allylic oxidation sites excluding steroid dienone is 1. The molecule has 6 heteroatoms. The molecule has 1 aliphatic rings. The average molecular weight is 484 g/mol. The smallest absolute Gasteiger partial charge is 0.231 e. The maximum atomic E-state index is 12.7. The van der Waals surface area contributed by atoms with E-state index in [2.05, 4.69) is 15.9 Å². The Morgan fingerprint density at radius 2 is 1.77 bits per heavy atom. The molecule has 0 radical (unpaired) electrons. The number of carbonyl (C=O) groups excluding carboxylic acids is 2. The number of ether oxygens (including phenoxy) is 2. The van der Waals surface area contributed by atoms with Gasteiger partial charge in [0.2, 0.25) is 5.78 Å². The number of benzene rings is 3. The second-order valence-electron chi connectivity index (χ2n) is 6.78. The fourth-order valence-corrected chi connectivity index (χ4v) is 3.49. The molecule has 0 amide bonds. The van der Waals surface area contributed by atoms with Crippen molar-refractivity contribution < 1.29 is 19.1 Å².